The molecule has 0 aliphatic rings. The van der Waals surface area contributed by atoms with Gasteiger partial charge in [-0.15, -0.1) is 0 Å². The van der Waals surface area contributed by atoms with Crippen molar-refractivity contribution in [3.05, 3.63) is 283 Å². The average molecular weight is 1480 g/mol. The number of alkyl carbamates (subject to hydrolysis) is 3. The minimum Gasteiger partial charge on any atom is -0.441 e. The second-order valence-corrected chi connectivity index (χ2v) is 26.1. The summed E-state index contributed by atoms with van der Waals surface area (Å²) in [6, 6.07) is 47.0. The summed E-state index contributed by atoms with van der Waals surface area (Å²) < 4.78 is 56.6. The Hall–Kier alpha value is -10.3. The molecule has 108 heavy (non-hydrogen) atoms. The van der Waals surface area contributed by atoms with Gasteiger partial charge in [-0.3, -0.25) is 0 Å². The van der Waals surface area contributed by atoms with E-state index in [0.717, 1.165) is 80.5 Å². The molecule has 21 heteroatoms. The minimum absolute atomic E-state index is 0.00683. The number of hydrogen-bond acceptors (Lipinski definition) is 15. The lowest BCUT2D eigenvalue weighted by atomic mass is 10.1. The van der Waals surface area contributed by atoms with Gasteiger partial charge in [-0.1, -0.05) is 260 Å². The summed E-state index contributed by atoms with van der Waals surface area (Å²) in [4.78, 5) is 82.0. The fourth-order valence-electron chi connectivity index (χ4n) is 11.4. The monoisotopic (exact) mass is 1480 g/mol. The molecule has 0 radical (unpaired) electrons. The van der Waals surface area contributed by atoms with Crippen molar-refractivity contribution < 1.29 is 57.0 Å². The Balaban J connectivity index is 0.895. The summed E-state index contributed by atoms with van der Waals surface area (Å²) in [6.45, 7) is 26.3. The molecule has 0 bridgehead atoms. The van der Waals surface area contributed by atoms with Crippen LogP contribution >= 0.6 is 0 Å². The lowest BCUT2D eigenvalue weighted by Crippen LogP contribution is -2.54. The van der Waals surface area contributed by atoms with Crippen LogP contribution in [0.2, 0.25) is 0 Å². The normalized spacial score (nSPS) is 11.4. The van der Waals surface area contributed by atoms with Crippen LogP contribution in [0.4, 0.5) is 14.4 Å². The Kier molecular flexibility index (Phi) is 39.0. The molecule has 7 rings (SSSR count). The van der Waals surface area contributed by atoms with Crippen molar-refractivity contribution in [2.45, 2.75) is 155 Å². The predicted octanol–water partition coefficient (Wildman–Crippen LogP) is 15.3. The highest BCUT2D eigenvalue weighted by Gasteiger charge is 2.21. The molecule has 576 valence electrons. The molecule has 0 spiro atoms. The molecule has 0 saturated heterocycles. The van der Waals surface area contributed by atoms with Crippen molar-refractivity contribution in [3.63, 3.8) is 0 Å². The van der Waals surface area contributed by atoms with Crippen LogP contribution in [0.15, 0.2) is 199 Å². The highest BCUT2D eigenvalue weighted by Crippen LogP contribution is 2.16. The van der Waals surface area contributed by atoms with Crippen molar-refractivity contribution in [2.24, 2.45) is 0 Å². The summed E-state index contributed by atoms with van der Waals surface area (Å²) in [6.07, 6.45) is 13.9. The maximum absolute atomic E-state index is 14.2. The largest absolute Gasteiger partial charge is 0.441 e. The van der Waals surface area contributed by atoms with Crippen molar-refractivity contribution >= 4 is 54.7 Å². The number of hydrogen-bond donors (Lipinski definition) is 3. The Labute approximate surface area is 635 Å². The third kappa shape index (κ3) is 32.1. The van der Waals surface area contributed by atoms with E-state index in [2.05, 4.69) is 55.4 Å². The number of ether oxygens (including phenoxy) is 9. The van der Waals surface area contributed by atoms with Crippen molar-refractivity contribution in [2.75, 3.05) is 59.3 Å². The van der Waals surface area contributed by atoms with Gasteiger partial charge in [0, 0.05) is 39.3 Å². The van der Waals surface area contributed by atoms with Gasteiger partial charge in [-0.25, -0.2) is 42.5 Å². The third-order valence-corrected chi connectivity index (χ3v) is 17.7. The van der Waals surface area contributed by atoms with Gasteiger partial charge in [0.15, 0.2) is 12.2 Å². The van der Waals surface area contributed by atoms with E-state index in [9.17, 15) is 28.8 Å². The number of benzene rings is 6. The Bertz CT molecular complexity index is 3440. The van der Waals surface area contributed by atoms with Crippen LogP contribution in [0, 0.1) is 0 Å². The van der Waals surface area contributed by atoms with E-state index in [1.807, 2.05) is 146 Å². The quantitative estimate of drug-likeness (QED) is 0.0183. The summed E-state index contributed by atoms with van der Waals surface area (Å²) in [7, 11) is 0. The smallest absolute Gasteiger partial charge is 0.409 e. The van der Waals surface area contributed by atoms with Gasteiger partial charge in [-0.05, 0) is 112 Å². The number of carbonyl (C=O) groups is 3. The molecule has 1 heterocycles. The molecule has 0 aliphatic heterocycles. The van der Waals surface area contributed by atoms with Gasteiger partial charge < -0.3 is 58.6 Å². The first-order chi connectivity index (χ1) is 52.8. The van der Waals surface area contributed by atoms with Gasteiger partial charge in [0.25, 0.3) is 0 Å². The summed E-state index contributed by atoms with van der Waals surface area (Å²) in [5.41, 5.74) is 9.74. The van der Waals surface area contributed by atoms with Crippen LogP contribution in [0.1, 0.15) is 144 Å². The highest BCUT2D eigenvalue weighted by molar-refractivity contribution is 5.68. The Morgan fingerprint density at radius 3 is 0.824 bits per heavy atom. The number of unbranched alkanes of at least 4 members (excludes halogenated alkanes) is 9. The van der Waals surface area contributed by atoms with E-state index < -0.39 is 53.8 Å². The second-order valence-electron chi connectivity index (χ2n) is 26.1. The van der Waals surface area contributed by atoms with Crippen LogP contribution in [-0.2, 0) is 102 Å². The maximum atomic E-state index is 14.2. The molecular weight excluding hydrogens is 1370 g/mol. The molecule has 1 aromatic heterocycles. The van der Waals surface area contributed by atoms with E-state index in [1.54, 1.807) is 36.5 Å². The van der Waals surface area contributed by atoms with Crippen LogP contribution in [0.3, 0.4) is 0 Å². The second kappa shape index (κ2) is 49.6. The van der Waals surface area contributed by atoms with Crippen LogP contribution in [-0.4, -0.2) is 110 Å². The molecule has 3 amide bonds. The van der Waals surface area contributed by atoms with Crippen LogP contribution in [0.25, 0.3) is 36.5 Å². The fraction of sp³-hybridized carbons (Fsp3) is 0.379. The summed E-state index contributed by atoms with van der Waals surface area (Å²) >= 11 is 0. The Morgan fingerprint density at radius 1 is 0.315 bits per heavy atom. The fourth-order valence-corrected chi connectivity index (χ4v) is 11.4. The molecule has 7 aromatic rings. The van der Waals surface area contributed by atoms with Gasteiger partial charge in [0.05, 0.1) is 66.1 Å². The first-order valence-electron chi connectivity index (χ1n) is 37.3. The standard InChI is InChI=1S/C87H108N6O15/c1-7-67-25-37-73(38-26-67)49-56-105-81(66-104-61-78-47-35-72(12-6)36-48-78)108-84(96)90-52-21-15-18-24-55-93-86(98)91(53-22-16-13-19-50-88-82(94)106-79(62-100-57-74-39-27-68(8-2)28-40-74)63-101-58-75-41-29-69(9-3)30-42-75)85(97)92(87(93)99)54-23-17-14-20-51-89-83(95)107-80(64-102-59-76-43-31-70(10-4)32-44-76)65-103-60-77-45-33-71(11-5)34-46-77/h7-12,25-48,79-81H,1-6,13-24,49-66H2,(H,88,94)(H,89,95)(H,90,96). The summed E-state index contributed by atoms with van der Waals surface area (Å²) in [5.74, 6) is 0. The van der Waals surface area contributed by atoms with Crippen molar-refractivity contribution in [3.8, 4) is 0 Å². The number of nitrogens with zero attached hydrogens (tertiary/aromatic N) is 3. The molecule has 3 N–H and O–H groups in total. The molecule has 0 fully saturated rings. The van der Waals surface area contributed by atoms with Crippen LogP contribution in [0.5, 0.6) is 0 Å². The first-order valence-corrected chi connectivity index (χ1v) is 37.3. The zero-order valence-corrected chi connectivity index (χ0v) is 62.5. The molecule has 0 saturated carbocycles. The van der Waals surface area contributed by atoms with E-state index >= 15 is 0 Å². The summed E-state index contributed by atoms with van der Waals surface area (Å²) in [5, 5.41) is 8.49. The minimum atomic E-state index is -0.973. The van der Waals surface area contributed by atoms with E-state index in [4.69, 9.17) is 42.6 Å². The lowest BCUT2D eigenvalue weighted by Gasteiger charge is -2.19. The first kappa shape index (κ1) is 85.0. The number of amides is 3. The average Bonchev–Trinajstić information content (AvgIpc) is 0.785. The number of carbonyl (C=O) groups excluding carboxylic acids is 3. The SMILES string of the molecule is C=Cc1ccc(CCOC(COCc2ccc(C=C)cc2)OC(=O)NCCCCCCn2c(=O)n(CCCCCCNC(=O)OC(COCc3ccc(C=C)cc3)COCc3ccc(C=C)cc3)c(=O)n(CCCCCCNC(=O)OC(COCc3ccc(C=C)cc3)COCc3ccc(C=C)cc3)c2=O)cc1. The highest BCUT2D eigenvalue weighted by atomic mass is 16.7. The number of rotatable bonds is 54. The third-order valence-electron chi connectivity index (χ3n) is 17.7. The topological polar surface area (TPSA) is 236 Å². The van der Waals surface area contributed by atoms with Crippen molar-refractivity contribution in [1.29, 1.82) is 0 Å². The van der Waals surface area contributed by atoms with E-state index in [-0.39, 0.29) is 65.9 Å². The lowest BCUT2D eigenvalue weighted by molar-refractivity contribution is -0.141. The Morgan fingerprint density at radius 2 is 0.556 bits per heavy atom. The molecule has 6 aromatic carbocycles. The number of aromatic nitrogens is 3. The van der Waals surface area contributed by atoms with E-state index in [0.29, 0.717) is 130 Å². The van der Waals surface area contributed by atoms with Gasteiger partial charge in [0.1, 0.15) is 6.61 Å². The maximum Gasteiger partial charge on any atom is 0.409 e. The van der Waals surface area contributed by atoms with E-state index in [1.165, 1.54) is 0 Å². The number of nitrogens with one attached hydrogen (secondary N) is 3. The zero-order valence-electron chi connectivity index (χ0n) is 62.5. The van der Waals surface area contributed by atoms with Gasteiger partial charge in [0.2, 0.25) is 6.29 Å². The molecule has 1 atom stereocenters. The van der Waals surface area contributed by atoms with Gasteiger partial charge in [-0.2, -0.15) is 0 Å². The van der Waals surface area contributed by atoms with Crippen molar-refractivity contribution in [1.82, 2.24) is 29.7 Å². The van der Waals surface area contributed by atoms with Crippen LogP contribution < -0.4 is 33.0 Å². The zero-order chi connectivity index (χ0) is 76.8. The van der Waals surface area contributed by atoms with Gasteiger partial charge >= 0.3 is 35.3 Å². The predicted molar refractivity (Wildman–Crippen MR) is 427 cm³/mol. The molecular formula is C87H108N6O15. The molecule has 1 unspecified atom stereocenters. The molecule has 21 nitrogen and oxygen atoms in total. The molecule has 0 aliphatic carbocycles.